The summed E-state index contributed by atoms with van der Waals surface area (Å²) >= 11 is 0. The summed E-state index contributed by atoms with van der Waals surface area (Å²) in [6.07, 6.45) is 1.64. The number of hydrogen-bond acceptors (Lipinski definition) is 6. The summed E-state index contributed by atoms with van der Waals surface area (Å²) in [6.45, 7) is 5.28. The van der Waals surface area contributed by atoms with Crippen LogP contribution in [0.4, 0.5) is 9.18 Å². The predicted molar refractivity (Wildman–Crippen MR) is 113 cm³/mol. The lowest BCUT2D eigenvalue weighted by Crippen LogP contribution is -2.43. The van der Waals surface area contributed by atoms with Gasteiger partial charge in [0.15, 0.2) is 6.17 Å². The third-order valence-corrected chi connectivity index (χ3v) is 4.63. The van der Waals surface area contributed by atoms with E-state index in [0.717, 1.165) is 11.1 Å². The van der Waals surface area contributed by atoms with E-state index >= 15 is 0 Å². The molecule has 0 saturated carbocycles. The van der Waals surface area contributed by atoms with E-state index in [1.54, 1.807) is 27.0 Å². The number of carbonyl (C=O) groups excluding carboxylic acids is 1. The van der Waals surface area contributed by atoms with Crippen LogP contribution in [0.3, 0.4) is 0 Å². The molecule has 4 rings (SSSR count). The molecule has 0 aromatic heterocycles. The van der Waals surface area contributed by atoms with Crippen molar-refractivity contribution >= 4 is 18.0 Å². The largest absolute Gasteiger partial charge is 0.442 e. The predicted octanol–water partition coefficient (Wildman–Crippen LogP) is 4.54. The van der Waals surface area contributed by atoms with Crippen LogP contribution in [0.25, 0.3) is 0 Å². The first kappa shape index (κ1) is 20.3. The molecule has 1 atom stereocenters. The molecule has 2 heterocycles. The van der Waals surface area contributed by atoms with E-state index < -0.39 is 23.7 Å². The SMILES string of the molecule is CC(C)(C)OC(=O)N1N=C(c2ccc(F)cc2)C=C(C#N)N2N=Cc3ccccc3C12. The number of ether oxygens (including phenoxy) is 1. The molecular formula is C23H20FN5O2. The molecule has 2 aromatic rings. The number of nitrogens with zero attached hydrogens (tertiary/aromatic N) is 5. The van der Waals surface area contributed by atoms with Gasteiger partial charge in [-0.1, -0.05) is 24.3 Å². The maximum atomic E-state index is 13.5. The van der Waals surface area contributed by atoms with Crippen LogP contribution in [0.2, 0.25) is 0 Å². The van der Waals surface area contributed by atoms with Gasteiger partial charge < -0.3 is 4.74 Å². The van der Waals surface area contributed by atoms with Crippen molar-refractivity contribution in [3.8, 4) is 6.07 Å². The van der Waals surface area contributed by atoms with Gasteiger partial charge in [0.1, 0.15) is 23.2 Å². The summed E-state index contributed by atoms with van der Waals surface area (Å²) in [7, 11) is 0. The van der Waals surface area contributed by atoms with Crippen LogP contribution in [0.15, 0.2) is 70.5 Å². The van der Waals surface area contributed by atoms with E-state index in [-0.39, 0.29) is 5.70 Å². The van der Waals surface area contributed by atoms with E-state index in [0.29, 0.717) is 11.3 Å². The number of fused-ring (bicyclic) bond motifs is 3. The summed E-state index contributed by atoms with van der Waals surface area (Å²) in [5, 5.41) is 21.4. The first-order valence-corrected chi connectivity index (χ1v) is 9.67. The van der Waals surface area contributed by atoms with E-state index in [4.69, 9.17) is 4.74 Å². The van der Waals surface area contributed by atoms with Gasteiger partial charge in [-0.15, -0.1) is 0 Å². The minimum Gasteiger partial charge on any atom is -0.442 e. The fraction of sp³-hybridized carbons (Fsp3) is 0.217. The number of amides is 1. The molecule has 0 spiro atoms. The zero-order valence-electron chi connectivity index (χ0n) is 17.3. The number of carbonyl (C=O) groups is 1. The fourth-order valence-corrected chi connectivity index (χ4v) is 3.30. The Balaban J connectivity index is 1.91. The monoisotopic (exact) mass is 417 g/mol. The van der Waals surface area contributed by atoms with Crippen molar-refractivity contribution < 1.29 is 13.9 Å². The third-order valence-electron chi connectivity index (χ3n) is 4.63. The van der Waals surface area contributed by atoms with E-state index in [9.17, 15) is 14.4 Å². The van der Waals surface area contributed by atoms with Crippen molar-refractivity contribution in [3.05, 3.63) is 82.8 Å². The Bertz CT molecular complexity index is 1160. The van der Waals surface area contributed by atoms with Crippen LogP contribution in [0, 0.1) is 17.1 Å². The molecule has 2 aromatic carbocycles. The van der Waals surface area contributed by atoms with Gasteiger partial charge in [0, 0.05) is 22.8 Å². The van der Waals surface area contributed by atoms with E-state index in [2.05, 4.69) is 16.3 Å². The van der Waals surface area contributed by atoms with Gasteiger partial charge in [-0.05, 0) is 45.0 Å². The van der Waals surface area contributed by atoms with Crippen LogP contribution in [0.5, 0.6) is 0 Å². The summed E-state index contributed by atoms with van der Waals surface area (Å²) in [5.41, 5.74) is 1.82. The highest BCUT2D eigenvalue weighted by molar-refractivity contribution is 6.09. The highest BCUT2D eigenvalue weighted by Crippen LogP contribution is 2.36. The molecular weight excluding hydrogens is 397 g/mol. The molecule has 1 amide bonds. The van der Waals surface area contributed by atoms with Crippen molar-refractivity contribution in [2.24, 2.45) is 10.2 Å². The van der Waals surface area contributed by atoms with Crippen LogP contribution < -0.4 is 0 Å². The second kappa shape index (κ2) is 7.69. The van der Waals surface area contributed by atoms with Gasteiger partial charge >= 0.3 is 6.09 Å². The number of halogens is 1. The Morgan fingerprint density at radius 1 is 1.16 bits per heavy atom. The quantitative estimate of drug-likeness (QED) is 0.682. The Hall–Kier alpha value is -3.99. The van der Waals surface area contributed by atoms with E-state index in [1.807, 2.05) is 24.3 Å². The molecule has 7 nitrogen and oxygen atoms in total. The molecule has 2 aliphatic heterocycles. The zero-order chi connectivity index (χ0) is 22.2. The Morgan fingerprint density at radius 2 is 1.87 bits per heavy atom. The van der Waals surface area contributed by atoms with Crippen LogP contribution in [-0.4, -0.2) is 33.6 Å². The molecule has 1 unspecified atom stereocenters. The number of rotatable bonds is 1. The van der Waals surface area contributed by atoms with Crippen molar-refractivity contribution in [1.29, 1.82) is 5.26 Å². The Morgan fingerprint density at radius 3 is 2.55 bits per heavy atom. The van der Waals surface area contributed by atoms with Gasteiger partial charge in [0.05, 0.1) is 11.9 Å². The number of hydrazone groups is 2. The van der Waals surface area contributed by atoms with Crippen LogP contribution in [-0.2, 0) is 4.74 Å². The summed E-state index contributed by atoms with van der Waals surface area (Å²) in [5.74, 6) is -0.401. The second-order valence-corrected chi connectivity index (χ2v) is 8.05. The van der Waals surface area contributed by atoms with Gasteiger partial charge in [-0.2, -0.15) is 20.5 Å². The van der Waals surface area contributed by atoms with Crippen molar-refractivity contribution in [3.63, 3.8) is 0 Å². The number of benzene rings is 2. The van der Waals surface area contributed by atoms with Crippen molar-refractivity contribution in [1.82, 2.24) is 10.0 Å². The van der Waals surface area contributed by atoms with Gasteiger partial charge in [0.25, 0.3) is 0 Å². The lowest BCUT2D eigenvalue weighted by Gasteiger charge is -2.36. The highest BCUT2D eigenvalue weighted by Gasteiger charge is 2.39. The molecule has 8 heteroatoms. The van der Waals surface area contributed by atoms with Crippen molar-refractivity contribution in [2.75, 3.05) is 0 Å². The molecule has 2 aliphatic rings. The normalized spacial score (nSPS) is 17.6. The number of hydrogen-bond donors (Lipinski definition) is 0. The van der Waals surface area contributed by atoms with Gasteiger partial charge in [-0.3, -0.25) is 0 Å². The average molecular weight is 417 g/mol. The summed E-state index contributed by atoms with van der Waals surface area (Å²) < 4.78 is 19.1. The minimum absolute atomic E-state index is 0.185. The fourth-order valence-electron chi connectivity index (χ4n) is 3.30. The smallest absolute Gasteiger partial charge is 0.433 e. The molecule has 0 saturated heterocycles. The molecule has 0 aliphatic carbocycles. The summed E-state index contributed by atoms with van der Waals surface area (Å²) in [4.78, 5) is 13.2. The molecule has 0 N–H and O–H groups in total. The second-order valence-electron chi connectivity index (χ2n) is 8.05. The zero-order valence-corrected chi connectivity index (χ0v) is 17.3. The summed E-state index contributed by atoms with van der Waals surface area (Å²) in [6, 6.07) is 15.2. The minimum atomic E-state index is -0.820. The topological polar surface area (TPSA) is 81.3 Å². The van der Waals surface area contributed by atoms with Crippen LogP contribution in [0.1, 0.15) is 43.6 Å². The lowest BCUT2D eigenvalue weighted by molar-refractivity contribution is -0.00432. The first-order valence-electron chi connectivity index (χ1n) is 9.67. The maximum absolute atomic E-state index is 13.5. The highest BCUT2D eigenvalue weighted by atomic mass is 19.1. The molecule has 31 heavy (non-hydrogen) atoms. The lowest BCUT2D eigenvalue weighted by atomic mass is 10.0. The standard InChI is InChI=1S/C23H20FN5O2/c1-23(2,3)31-22(30)29-21-19-7-5-4-6-16(19)14-26-28(21)18(13-25)12-20(27-29)15-8-10-17(24)11-9-15/h4-12,14,21H,1-3H3. The number of nitriles is 1. The van der Waals surface area contributed by atoms with E-state index in [1.165, 1.54) is 40.4 Å². The number of allylic oxidation sites excluding steroid dienone is 2. The average Bonchev–Trinajstić information content (AvgIpc) is 2.90. The Kier molecular flexibility index (Phi) is 5.03. The van der Waals surface area contributed by atoms with Crippen molar-refractivity contribution in [2.45, 2.75) is 32.5 Å². The third kappa shape index (κ3) is 4.03. The molecule has 0 radical (unpaired) electrons. The molecule has 0 fully saturated rings. The molecule has 156 valence electrons. The first-order chi connectivity index (χ1) is 14.8. The van der Waals surface area contributed by atoms with Crippen LogP contribution >= 0.6 is 0 Å². The van der Waals surface area contributed by atoms with Gasteiger partial charge in [0.2, 0.25) is 0 Å². The Labute approximate surface area is 179 Å². The van der Waals surface area contributed by atoms with Gasteiger partial charge in [-0.25, -0.2) is 14.2 Å². The molecule has 0 bridgehead atoms. The maximum Gasteiger partial charge on any atom is 0.433 e.